The summed E-state index contributed by atoms with van der Waals surface area (Å²) in [4.78, 5) is 11.8. The van der Waals surface area contributed by atoms with Gasteiger partial charge in [0.25, 0.3) is 0 Å². The second kappa shape index (κ2) is 7.94. The van der Waals surface area contributed by atoms with E-state index < -0.39 is 10.0 Å². The summed E-state index contributed by atoms with van der Waals surface area (Å²) in [5.74, 6) is -0.607. The molecule has 0 aromatic heterocycles. The van der Waals surface area contributed by atoms with Gasteiger partial charge in [0.2, 0.25) is 15.9 Å². The van der Waals surface area contributed by atoms with Gasteiger partial charge in [0.15, 0.2) is 0 Å². The molecular weight excluding hydrogens is 343 g/mol. The molecule has 0 atom stereocenters. The number of anilines is 1. The number of aryl methyl sites for hydroxylation is 1. The smallest absolute Gasteiger partial charge is 0.244 e. The predicted octanol–water partition coefficient (Wildman–Crippen LogP) is 2.84. The van der Waals surface area contributed by atoms with Gasteiger partial charge in [-0.2, -0.15) is 0 Å². The third-order valence-electron chi connectivity index (χ3n) is 3.34. The van der Waals surface area contributed by atoms with E-state index in [9.17, 15) is 17.6 Å². The Balaban J connectivity index is 1.90. The van der Waals surface area contributed by atoms with Crippen LogP contribution in [0.2, 0.25) is 0 Å². The van der Waals surface area contributed by atoms with Gasteiger partial charge in [0, 0.05) is 18.3 Å². The number of carbonyl (C=O) groups is 1. The molecule has 7 heteroatoms. The van der Waals surface area contributed by atoms with Gasteiger partial charge in [-0.3, -0.25) is 9.52 Å². The van der Waals surface area contributed by atoms with Gasteiger partial charge in [-0.25, -0.2) is 12.8 Å². The van der Waals surface area contributed by atoms with Crippen molar-refractivity contribution < 1.29 is 17.6 Å². The molecule has 2 rings (SSSR count). The summed E-state index contributed by atoms with van der Waals surface area (Å²) in [5, 5.41) is 2.67. The first kappa shape index (κ1) is 18.7. The highest BCUT2D eigenvalue weighted by Gasteiger charge is 2.02. The van der Waals surface area contributed by atoms with Crippen LogP contribution >= 0.6 is 0 Å². The van der Waals surface area contributed by atoms with E-state index >= 15 is 0 Å². The summed E-state index contributed by atoms with van der Waals surface area (Å²) >= 11 is 0. The van der Waals surface area contributed by atoms with Crippen molar-refractivity contribution in [2.24, 2.45) is 0 Å². The fourth-order valence-electron chi connectivity index (χ4n) is 2.04. The lowest BCUT2D eigenvalue weighted by molar-refractivity contribution is -0.116. The van der Waals surface area contributed by atoms with E-state index in [4.69, 9.17) is 0 Å². The number of sulfonamides is 1. The Morgan fingerprint density at radius 3 is 2.44 bits per heavy atom. The molecule has 0 aliphatic carbocycles. The Bertz CT molecular complexity index is 891. The lowest BCUT2D eigenvalue weighted by Crippen LogP contribution is -2.20. The zero-order chi connectivity index (χ0) is 18.4. The quantitative estimate of drug-likeness (QED) is 0.776. The summed E-state index contributed by atoms with van der Waals surface area (Å²) in [7, 11) is -3.31. The van der Waals surface area contributed by atoms with Gasteiger partial charge in [0.05, 0.1) is 6.26 Å². The molecule has 2 aromatic rings. The number of amides is 1. The molecule has 0 saturated heterocycles. The van der Waals surface area contributed by atoms with Crippen LogP contribution in [0.25, 0.3) is 6.08 Å². The van der Waals surface area contributed by atoms with Crippen molar-refractivity contribution in [3.8, 4) is 0 Å². The number of nitrogens with one attached hydrogen (secondary N) is 2. The third kappa shape index (κ3) is 6.39. The van der Waals surface area contributed by atoms with Crippen molar-refractivity contribution >= 4 is 27.7 Å². The van der Waals surface area contributed by atoms with E-state index in [1.807, 2.05) is 0 Å². The van der Waals surface area contributed by atoms with E-state index in [1.54, 1.807) is 49.4 Å². The van der Waals surface area contributed by atoms with Crippen LogP contribution in [0.5, 0.6) is 0 Å². The molecule has 2 aromatic carbocycles. The Morgan fingerprint density at radius 1 is 1.16 bits per heavy atom. The molecule has 25 heavy (non-hydrogen) atoms. The van der Waals surface area contributed by atoms with E-state index in [0.29, 0.717) is 16.8 Å². The van der Waals surface area contributed by atoms with Gasteiger partial charge in [0.1, 0.15) is 5.82 Å². The van der Waals surface area contributed by atoms with E-state index in [2.05, 4.69) is 10.0 Å². The molecule has 1 amide bonds. The molecule has 0 bridgehead atoms. The molecule has 132 valence electrons. The first-order chi connectivity index (χ1) is 11.7. The first-order valence-corrected chi connectivity index (χ1v) is 9.41. The Morgan fingerprint density at radius 2 is 1.84 bits per heavy atom. The van der Waals surface area contributed by atoms with Gasteiger partial charge in [-0.05, 0) is 47.9 Å². The normalized spacial score (nSPS) is 11.5. The molecule has 2 N–H and O–H groups in total. The van der Waals surface area contributed by atoms with E-state index in [-0.39, 0.29) is 18.3 Å². The zero-order valence-electron chi connectivity index (χ0n) is 13.9. The van der Waals surface area contributed by atoms with Crippen LogP contribution in [0.15, 0.2) is 48.5 Å². The molecule has 0 aliphatic rings. The molecule has 0 radical (unpaired) electrons. The van der Waals surface area contributed by atoms with Crippen LogP contribution in [-0.2, 0) is 21.4 Å². The number of carbonyl (C=O) groups excluding carboxylic acids is 1. The maximum atomic E-state index is 13.4. The fourth-order valence-corrected chi connectivity index (χ4v) is 2.61. The highest BCUT2D eigenvalue weighted by atomic mass is 32.2. The summed E-state index contributed by atoms with van der Waals surface area (Å²) in [6.45, 7) is 1.91. The van der Waals surface area contributed by atoms with Crippen molar-refractivity contribution in [2.45, 2.75) is 13.5 Å². The average molecular weight is 362 g/mol. The van der Waals surface area contributed by atoms with Gasteiger partial charge in [-0.1, -0.05) is 24.3 Å². The van der Waals surface area contributed by atoms with Crippen LogP contribution in [0, 0.1) is 12.7 Å². The van der Waals surface area contributed by atoms with E-state index in [0.717, 1.165) is 11.8 Å². The molecule has 5 nitrogen and oxygen atoms in total. The van der Waals surface area contributed by atoms with Gasteiger partial charge < -0.3 is 5.32 Å². The number of hydrogen-bond donors (Lipinski definition) is 2. The predicted molar refractivity (Wildman–Crippen MR) is 96.9 cm³/mol. The fraction of sp³-hybridized carbons (Fsp3) is 0.167. The van der Waals surface area contributed by atoms with Gasteiger partial charge in [-0.15, -0.1) is 0 Å². The summed E-state index contributed by atoms with van der Waals surface area (Å²) in [6.07, 6.45) is 4.05. The number of benzene rings is 2. The van der Waals surface area contributed by atoms with Crippen molar-refractivity contribution in [2.75, 3.05) is 11.0 Å². The maximum absolute atomic E-state index is 13.4. The third-order valence-corrected chi connectivity index (χ3v) is 3.95. The highest BCUT2D eigenvalue weighted by Crippen LogP contribution is 2.12. The van der Waals surface area contributed by atoms with Crippen molar-refractivity contribution in [1.82, 2.24) is 5.32 Å². The molecule has 0 fully saturated rings. The molecule has 0 saturated carbocycles. The van der Waals surface area contributed by atoms with Crippen molar-refractivity contribution in [3.63, 3.8) is 0 Å². The van der Waals surface area contributed by atoms with Gasteiger partial charge >= 0.3 is 0 Å². The second-order valence-electron chi connectivity index (χ2n) is 5.63. The summed E-state index contributed by atoms with van der Waals surface area (Å²) in [6, 6.07) is 11.4. The number of rotatable bonds is 6. The zero-order valence-corrected chi connectivity index (χ0v) is 14.7. The monoisotopic (exact) mass is 362 g/mol. The molecule has 0 heterocycles. The summed E-state index contributed by atoms with van der Waals surface area (Å²) in [5.41, 5.74) is 2.44. The minimum absolute atomic E-state index is 0.234. The molecular formula is C18H19FN2O3S. The lowest BCUT2D eigenvalue weighted by atomic mass is 10.1. The highest BCUT2D eigenvalue weighted by molar-refractivity contribution is 7.92. The molecule has 0 spiro atoms. The second-order valence-corrected chi connectivity index (χ2v) is 7.38. The summed E-state index contributed by atoms with van der Waals surface area (Å²) < 4.78 is 38.1. The van der Waals surface area contributed by atoms with Crippen LogP contribution in [0.4, 0.5) is 10.1 Å². The largest absolute Gasteiger partial charge is 0.348 e. The maximum Gasteiger partial charge on any atom is 0.244 e. The number of halogens is 1. The molecule has 0 aliphatic heterocycles. The van der Waals surface area contributed by atoms with Crippen LogP contribution < -0.4 is 10.0 Å². The Labute approximate surface area is 146 Å². The minimum Gasteiger partial charge on any atom is -0.348 e. The first-order valence-electron chi connectivity index (χ1n) is 7.52. The standard InChI is InChI=1S/C18H19FN2O3S/c1-13-3-4-15(11-17(13)19)12-20-18(22)10-7-14-5-8-16(9-6-14)21-25(2,23)24/h3-11,21H,12H2,1-2H3,(H,20,22)/b10-7+. The molecule has 0 unspecified atom stereocenters. The topological polar surface area (TPSA) is 75.3 Å². The average Bonchev–Trinajstić information content (AvgIpc) is 2.54. The Hall–Kier alpha value is -2.67. The van der Waals surface area contributed by atoms with Crippen LogP contribution in [0.3, 0.4) is 0 Å². The van der Waals surface area contributed by atoms with Crippen molar-refractivity contribution in [3.05, 3.63) is 71.0 Å². The van der Waals surface area contributed by atoms with E-state index in [1.165, 1.54) is 12.1 Å². The Kier molecular flexibility index (Phi) is 5.93. The minimum atomic E-state index is -3.31. The SMILES string of the molecule is Cc1ccc(CNC(=O)/C=C/c2ccc(NS(C)(=O)=O)cc2)cc1F. The lowest BCUT2D eigenvalue weighted by Gasteiger charge is -2.05. The number of hydrogen-bond acceptors (Lipinski definition) is 3. The van der Waals surface area contributed by atoms with Crippen LogP contribution in [-0.4, -0.2) is 20.6 Å². The van der Waals surface area contributed by atoms with Crippen LogP contribution in [0.1, 0.15) is 16.7 Å². The van der Waals surface area contributed by atoms with Crippen molar-refractivity contribution in [1.29, 1.82) is 0 Å².